The summed E-state index contributed by atoms with van der Waals surface area (Å²) in [6.45, 7) is 0.108. The van der Waals surface area contributed by atoms with Crippen LogP contribution in [0.4, 0.5) is 5.69 Å². The van der Waals surface area contributed by atoms with Gasteiger partial charge in [0.2, 0.25) is 15.9 Å². The minimum Gasteiger partial charge on any atom is -0.345 e. The fourth-order valence-electron chi connectivity index (χ4n) is 2.64. The third kappa shape index (κ3) is 5.39. The molecule has 2 aromatic rings. The molecule has 3 rings (SSSR count). The van der Waals surface area contributed by atoms with Crippen LogP contribution in [0.3, 0.4) is 0 Å². The Morgan fingerprint density at radius 2 is 1.76 bits per heavy atom. The molecule has 1 heterocycles. The first-order valence-corrected chi connectivity index (χ1v) is 10.5. The van der Waals surface area contributed by atoms with Gasteiger partial charge in [0, 0.05) is 6.54 Å². The van der Waals surface area contributed by atoms with Crippen LogP contribution in [0.15, 0.2) is 59.6 Å². The maximum Gasteiger partial charge on any atom is 0.288 e. The van der Waals surface area contributed by atoms with Crippen LogP contribution in [0.2, 0.25) is 0 Å². The van der Waals surface area contributed by atoms with Gasteiger partial charge in [-0.05, 0) is 30.3 Å². The second kappa shape index (κ2) is 8.84. The number of carbonyl (C=O) groups is 2. The van der Waals surface area contributed by atoms with Gasteiger partial charge in [-0.1, -0.05) is 42.5 Å². The summed E-state index contributed by atoms with van der Waals surface area (Å²) in [4.78, 5) is 28.5. The molecular weight excluding hydrogens is 394 g/mol. The highest BCUT2D eigenvalue weighted by molar-refractivity contribution is 7.88. The van der Waals surface area contributed by atoms with E-state index in [1.807, 2.05) is 6.07 Å². The van der Waals surface area contributed by atoms with E-state index in [1.165, 1.54) is 12.1 Å². The van der Waals surface area contributed by atoms with Crippen LogP contribution in [0.1, 0.15) is 11.1 Å². The van der Waals surface area contributed by atoms with Crippen LogP contribution < -0.4 is 20.5 Å². The van der Waals surface area contributed by atoms with Crippen molar-refractivity contribution in [2.24, 2.45) is 4.99 Å². The van der Waals surface area contributed by atoms with Gasteiger partial charge in [0.1, 0.15) is 6.54 Å². The molecule has 3 N–H and O–H groups in total. The Bertz CT molecular complexity index is 1020. The number of nitrogens with one attached hydrogen (secondary N) is 3. The lowest BCUT2D eigenvalue weighted by molar-refractivity contribution is -0.118. The summed E-state index contributed by atoms with van der Waals surface area (Å²) < 4.78 is 25.4. The van der Waals surface area contributed by atoms with Crippen LogP contribution in [0.25, 0.3) is 0 Å². The second-order valence-corrected chi connectivity index (χ2v) is 8.23. The predicted octanol–water partition coefficient (Wildman–Crippen LogP) is 0.302. The van der Waals surface area contributed by atoms with Gasteiger partial charge in [0.25, 0.3) is 11.8 Å². The number of aliphatic imine (C=N–C) groups is 1. The van der Waals surface area contributed by atoms with Gasteiger partial charge in [0.05, 0.1) is 11.4 Å². The normalized spacial score (nSPS) is 14.2. The number of hydrogen-bond donors (Lipinski definition) is 3. The molecule has 2 aromatic carbocycles. The lowest BCUT2D eigenvalue weighted by atomic mass is 10.1. The van der Waals surface area contributed by atoms with Crippen LogP contribution >= 0.6 is 0 Å². The number of benzene rings is 2. The molecule has 0 atom stereocenters. The van der Waals surface area contributed by atoms with E-state index in [0.29, 0.717) is 11.3 Å². The molecule has 152 valence electrons. The number of nitrogens with zero attached hydrogens (tertiary/aromatic N) is 2. The van der Waals surface area contributed by atoms with Crippen LogP contribution in [-0.2, 0) is 31.9 Å². The number of anilines is 1. The Morgan fingerprint density at radius 1 is 1.10 bits per heavy atom. The quantitative estimate of drug-likeness (QED) is 0.601. The average molecular weight is 415 g/mol. The maximum absolute atomic E-state index is 12.4. The smallest absolute Gasteiger partial charge is 0.288 e. The first-order valence-electron chi connectivity index (χ1n) is 8.84. The van der Waals surface area contributed by atoms with Crippen molar-refractivity contribution in [1.82, 2.24) is 15.5 Å². The Kier molecular flexibility index (Phi) is 6.25. The molecule has 1 aliphatic heterocycles. The van der Waals surface area contributed by atoms with E-state index in [4.69, 9.17) is 0 Å². The number of sulfonamides is 1. The summed E-state index contributed by atoms with van der Waals surface area (Å²) in [6.07, 6.45) is 0. The Morgan fingerprint density at radius 3 is 2.41 bits per heavy atom. The molecule has 0 radical (unpaired) electrons. The summed E-state index contributed by atoms with van der Waals surface area (Å²) in [5.74, 6) is -0.773. The maximum atomic E-state index is 12.4. The summed E-state index contributed by atoms with van der Waals surface area (Å²) in [6, 6.07) is 15.8. The average Bonchev–Trinajstić information content (AvgIpc) is 2.74. The third-order valence-electron chi connectivity index (χ3n) is 4.21. The molecule has 1 aliphatic rings. The SMILES string of the molecule is CNS(=O)(=O)Cc1ccc(CNC(=O)C2=NCC(=O)N(c3ccccc3)N2)cc1. The standard InChI is InChI=1S/C19H21N5O4S/c1-20-29(27,28)13-15-9-7-14(8-10-15)11-22-19(26)18-21-12-17(25)24(23-18)16-5-3-2-4-6-16/h2-10,20H,11-13H2,1H3,(H,21,23)(H,22,26). The Labute approximate surface area is 168 Å². The lowest BCUT2D eigenvalue weighted by Gasteiger charge is -2.27. The first kappa shape index (κ1) is 20.5. The van der Waals surface area contributed by atoms with Crippen LogP contribution in [0, 0.1) is 0 Å². The number of amides is 2. The molecule has 0 saturated heterocycles. The number of rotatable bonds is 7. The van der Waals surface area contributed by atoms with Gasteiger partial charge in [0.15, 0.2) is 0 Å². The van der Waals surface area contributed by atoms with Crippen LogP contribution in [-0.4, -0.2) is 39.7 Å². The zero-order chi connectivity index (χ0) is 20.9. The van der Waals surface area contributed by atoms with Crippen molar-refractivity contribution in [3.8, 4) is 0 Å². The van der Waals surface area contributed by atoms with Crippen molar-refractivity contribution in [2.45, 2.75) is 12.3 Å². The molecule has 9 nitrogen and oxygen atoms in total. The number of hydrogen-bond acceptors (Lipinski definition) is 6. The van der Waals surface area contributed by atoms with E-state index in [2.05, 4.69) is 20.5 Å². The minimum atomic E-state index is -3.33. The molecule has 0 aliphatic carbocycles. The zero-order valence-corrected chi connectivity index (χ0v) is 16.6. The van der Waals surface area contributed by atoms with E-state index in [-0.39, 0.29) is 30.6 Å². The molecule has 0 unspecified atom stereocenters. The molecular formula is C19H21N5O4S. The molecule has 2 amide bonds. The van der Waals surface area contributed by atoms with E-state index >= 15 is 0 Å². The molecule has 29 heavy (non-hydrogen) atoms. The lowest BCUT2D eigenvalue weighted by Crippen LogP contribution is -2.55. The fourth-order valence-corrected chi connectivity index (χ4v) is 3.42. The van der Waals surface area contributed by atoms with Gasteiger partial charge in [-0.2, -0.15) is 0 Å². The number of hydrazine groups is 1. The molecule has 0 bridgehead atoms. The van der Waals surface area contributed by atoms with Crippen molar-refractivity contribution in [3.63, 3.8) is 0 Å². The topological polar surface area (TPSA) is 120 Å². The highest BCUT2D eigenvalue weighted by atomic mass is 32.2. The second-order valence-electron chi connectivity index (χ2n) is 6.30. The summed E-state index contributed by atoms with van der Waals surface area (Å²) in [5.41, 5.74) is 4.81. The zero-order valence-electron chi connectivity index (χ0n) is 15.8. The highest BCUT2D eigenvalue weighted by Gasteiger charge is 2.25. The predicted molar refractivity (Wildman–Crippen MR) is 109 cm³/mol. The fraction of sp³-hybridized carbons (Fsp3) is 0.211. The third-order valence-corrected chi connectivity index (χ3v) is 5.55. The molecule has 0 fully saturated rings. The molecule has 0 saturated carbocycles. The van der Waals surface area contributed by atoms with Crippen molar-refractivity contribution in [3.05, 3.63) is 65.7 Å². The number of amidine groups is 1. The molecule has 0 spiro atoms. The van der Waals surface area contributed by atoms with Crippen molar-refractivity contribution in [1.29, 1.82) is 0 Å². The summed E-state index contributed by atoms with van der Waals surface area (Å²) in [7, 11) is -1.97. The first-order chi connectivity index (χ1) is 13.9. The van der Waals surface area contributed by atoms with Gasteiger partial charge in [-0.15, -0.1) is 0 Å². The number of para-hydroxylation sites is 1. The monoisotopic (exact) mass is 415 g/mol. The van der Waals surface area contributed by atoms with Crippen LogP contribution in [0.5, 0.6) is 0 Å². The van der Waals surface area contributed by atoms with Gasteiger partial charge in [-0.3, -0.25) is 20.0 Å². The number of carbonyl (C=O) groups excluding carboxylic acids is 2. The molecule has 0 aromatic heterocycles. The van der Waals surface area contributed by atoms with E-state index in [1.54, 1.807) is 48.5 Å². The van der Waals surface area contributed by atoms with Gasteiger partial charge < -0.3 is 5.32 Å². The van der Waals surface area contributed by atoms with Gasteiger partial charge in [-0.25, -0.2) is 18.1 Å². The Balaban J connectivity index is 1.58. The summed E-state index contributed by atoms with van der Waals surface area (Å²) in [5, 5.41) is 4.02. The van der Waals surface area contributed by atoms with E-state index < -0.39 is 15.9 Å². The van der Waals surface area contributed by atoms with Crippen molar-refractivity contribution in [2.75, 3.05) is 18.6 Å². The van der Waals surface area contributed by atoms with E-state index in [9.17, 15) is 18.0 Å². The summed E-state index contributed by atoms with van der Waals surface area (Å²) >= 11 is 0. The van der Waals surface area contributed by atoms with Crippen molar-refractivity contribution >= 4 is 33.4 Å². The highest BCUT2D eigenvalue weighted by Crippen LogP contribution is 2.13. The Hall–Kier alpha value is -3.24. The minimum absolute atomic E-state index is 0.0465. The van der Waals surface area contributed by atoms with Gasteiger partial charge >= 0.3 is 0 Å². The molecule has 10 heteroatoms. The van der Waals surface area contributed by atoms with E-state index in [0.717, 1.165) is 5.56 Å². The van der Waals surface area contributed by atoms with Crippen molar-refractivity contribution < 1.29 is 18.0 Å². The largest absolute Gasteiger partial charge is 0.345 e.